The standard InChI is InChI=1S/C20H23ClN4O5S/c1-31(28,29)15-6-7-16(18(9-15)30-14-4-2-13(22)3-5-14)20(27)25-17-8-12(21)10-23-19(17)24-11-26/h6-11,13-14H,2-5,22H2,1H3,(H,25,27)(H,23,24,26). The molecule has 1 heterocycles. The first-order chi connectivity index (χ1) is 14.7. The molecule has 1 aliphatic carbocycles. The molecule has 1 aliphatic rings. The van der Waals surface area contributed by atoms with Gasteiger partial charge in [0.05, 0.1) is 27.3 Å². The van der Waals surface area contributed by atoms with Crippen molar-refractivity contribution in [1.82, 2.24) is 4.98 Å². The number of carbonyl (C=O) groups excluding carboxylic acids is 2. The van der Waals surface area contributed by atoms with Crippen molar-refractivity contribution in [3.63, 3.8) is 0 Å². The lowest BCUT2D eigenvalue weighted by atomic mass is 9.93. The number of hydrogen-bond donors (Lipinski definition) is 3. The Morgan fingerprint density at radius 1 is 1.26 bits per heavy atom. The molecule has 0 radical (unpaired) electrons. The van der Waals surface area contributed by atoms with Crippen LogP contribution >= 0.6 is 11.6 Å². The van der Waals surface area contributed by atoms with Crippen LogP contribution in [0.3, 0.4) is 0 Å². The number of nitrogens with zero attached hydrogens (tertiary/aromatic N) is 1. The lowest BCUT2D eigenvalue weighted by Gasteiger charge is -2.27. The van der Waals surface area contributed by atoms with Crippen molar-refractivity contribution in [3.8, 4) is 5.75 Å². The molecule has 2 aromatic rings. The fourth-order valence-corrected chi connectivity index (χ4v) is 4.09. The van der Waals surface area contributed by atoms with Crippen LogP contribution in [0.2, 0.25) is 5.02 Å². The molecule has 1 aromatic heterocycles. The third-order valence-electron chi connectivity index (χ3n) is 4.94. The Bertz CT molecular complexity index is 1080. The molecule has 9 nitrogen and oxygen atoms in total. The van der Waals surface area contributed by atoms with E-state index < -0.39 is 15.7 Å². The molecule has 11 heteroatoms. The summed E-state index contributed by atoms with van der Waals surface area (Å²) in [4.78, 5) is 27.8. The van der Waals surface area contributed by atoms with E-state index in [2.05, 4.69) is 15.6 Å². The number of nitrogens with two attached hydrogens (primary N) is 1. The molecule has 31 heavy (non-hydrogen) atoms. The number of rotatable bonds is 7. The smallest absolute Gasteiger partial charge is 0.259 e. The summed E-state index contributed by atoms with van der Waals surface area (Å²) in [6, 6.07) is 5.63. The van der Waals surface area contributed by atoms with Crippen molar-refractivity contribution in [2.75, 3.05) is 16.9 Å². The van der Waals surface area contributed by atoms with Gasteiger partial charge < -0.3 is 21.1 Å². The molecular formula is C20H23ClN4O5S. The van der Waals surface area contributed by atoms with Crippen LogP contribution in [0.25, 0.3) is 0 Å². The minimum atomic E-state index is -3.50. The van der Waals surface area contributed by atoms with Gasteiger partial charge in [-0.05, 0) is 49.9 Å². The fourth-order valence-electron chi connectivity index (χ4n) is 3.30. The molecule has 3 rings (SSSR count). The largest absolute Gasteiger partial charge is 0.490 e. The summed E-state index contributed by atoms with van der Waals surface area (Å²) in [7, 11) is -3.50. The molecule has 2 amide bonds. The minimum absolute atomic E-state index is 0.0410. The Morgan fingerprint density at radius 2 is 1.97 bits per heavy atom. The number of ether oxygens (including phenoxy) is 1. The third-order valence-corrected chi connectivity index (χ3v) is 6.25. The summed E-state index contributed by atoms with van der Waals surface area (Å²) in [5.74, 6) is -0.300. The Hall–Kier alpha value is -2.69. The van der Waals surface area contributed by atoms with Crippen molar-refractivity contribution >= 4 is 45.3 Å². The summed E-state index contributed by atoms with van der Waals surface area (Å²) in [6.45, 7) is 0. The first kappa shape index (κ1) is 23.0. The normalized spacial score (nSPS) is 18.8. The number of hydrogen-bond acceptors (Lipinski definition) is 7. The average Bonchev–Trinajstić information content (AvgIpc) is 2.71. The fraction of sp³-hybridized carbons (Fsp3) is 0.350. The van der Waals surface area contributed by atoms with Crippen LogP contribution in [-0.2, 0) is 14.6 Å². The predicted octanol–water partition coefficient (Wildman–Crippen LogP) is 2.61. The van der Waals surface area contributed by atoms with Gasteiger partial charge in [0.15, 0.2) is 15.7 Å². The minimum Gasteiger partial charge on any atom is -0.490 e. The summed E-state index contributed by atoms with van der Waals surface area (Å²) >= 11 is 5.96. The predicted molar refractivity (Wildman–Crippen MR) is 117 cm³/mol. The summed E-state index contributed by atoms with van der Waals surface area (Å²) in [5, 5.41) is 5.28. The second-order valence-corrected chi connectivity index (χ2v) is 9.80. The van der Waals surface area contributed by atoms with Crippen molar-refractivity contribution in [2.24, 2.45) is 5.73 Å². The first-order valence-corrected chi connectivity index (χ1v) is 11.9. The highest BCUT2D eigenvalue weighted by Gasteiger charge is 2.24. The van der Waals surface area contributed by atoms with Gasteiger partial charge in [0.2, 0.25) is 6.41 Å². The van der Waals surface area contributed by atoms with E-state index in [0.29, 0.717) is 19.3 Å². The van der Waals surface area contributed by atoms with E-state index in [-0.39, 0.29) is 44.9 Å². The van der Waals surface area contributed by atoms with Gasteiger partial charge in [0, 0.05) is 18.5 Å². The molecule has 0 bridgehead atoms. The van der Waals surface area contributed by atoms with E-state index in [9.17, 15) is 18.0 Å². The van der Waals surface area contributed by atoms with E-state index in [0.717, 1.165) is 19.1 Å². The first-order valence-electron chi connectivity index (χ1n) is 9.61. The van der Waals surface area contributed by atoms with Crippen LogP contribution in [0.1, 0.15) is 36.0 Å². The second kappa shape index (κ2) is 9.63. The molecular weight excluding hydrogens is 444 g/mol. The third kappa shape index (κ3) is 5.93. The van der Waals surface area contributed by atoms with Crippen LogP contribution in [0.4, 0.5) is 11.5 Å². The maximum atomic E-state index is 13.0. The molecule has 4 N–H and O–H groups in total. The quantitative estimate of drug-likeness (QED) is 0.532. The van der Waals surface area contributed by atoms with Crippen LogP contribution in [0, 0.1) is 0 Å². The summed E-state index contributed by atoms with van der Waals surface area (Å²) in [6.07, 6.45) is 5.64. The molecule has 166 valence electrons. The SMILES string of the molecule is CS(=O)(=O)c1ccc(C(=O)Nc2cc(Cl)cnc2NC=O)c(OC2CCC(N)CC2)c1. The van der Waals surface area contributed by atoms with Crippen molar-refractivity contribution < 1.29 is 22.7 Å². The Labute approximate surface area is 185 Å². The molecule has 0 spiro atoms. The van der Waals surface area contributed by atoms with Crippen molar-refractivity contribution in [3.05, 3.63) is 41.0 Å². The zero-order valence-electron chi connectivity index (χ0n) is 16.8. The number of amides is 2. The number of pyridine rings is 1. The van der Waals surface area contributed by atoms with Crippen molar-refractivity contribution in [2.45, 2.75) is 42.7 Å². The van der Waals surface area contributed by atoms with E-state index in [1.54, 1.807) is 0 Å². The maximum Gasteiger partial charge on any atom is 0.259 e. The zero-order chi connectivity index (χ0) is 22.6. The number of halogens is 1. The Kier molecular flexibility index (Phi) is 7.14. The number of benzene rings is 1. The lowest BCUT2D eigenvalue weighted by molar-refractivity contribution is -0.105. The number of anilines is 2. The average molecular weight is 467 g/mol. The Morgan fingerprint density at radius 3 is 2.61 bits per heavy atom. The second-order valence-electron chi connectivity index (χ2n) is 7.35. The molecule has 1 saturated carbocycles. The van der Waals surface area contributed by atoms with Crippen LogP contribution in [-0.4, -0.2) is 44.1 Å². The maximum absolute atomic E-state index is 13.0. The highest BCUT2D eigenvalue weighted by molar-refractivity contribution is 7.90. The zero-order valence-corrected chi connectivity index (χ0v) is 18.4. The van der Waals surface area contributed by atoms with E-state index in [4.69, 9.17) is 22.1 Å². The van der Waals surface area contributed by atoms with Crippen LogP contribution < -0.4 is 21.1 Å². The van der Waals surface area contributed by atoms with Crippen LogP contribution in [0.5, 0.6) is 5.75 Å². The molecule has 1 aromatic carbocycles. The number of aromatic nitrogens is 1. The van der Waals surface area contributed by atoms with Gasteiger partial charge in [-0.2, -0.15) is 0 Å². The van der Waals surface area contributed by atoms with Gasteiger partial charge in [-0.3, -0.25) is 9.59 Å². The summed E-state index contributed by atoms with van der Waals surface area (Å²) in [5.41, 5.74) is 6.26. The molecule has 0 unspecified atom stereocenters. The Balaban J connectivity index is 1.93. The van der Waals surface area contributed by atoms with E-state index in [1.807, 2.05) is 0 Å². The van der Waals surface area contributed by atoms with Crippen molar-refractivity contribution in [1.29, 1.82) is 0 Å². The molecule has 1 fully saturated rings. The van der Waals surface area contributed by atoms with Gasteiger partial charge in [-0.25, -0.2) is 13.4 Å². The van der Waals surface area contributed by atoms with Gasteiger partial charge in [-0.15, -0.1) is 0 Å². The monoisotopic (exact) mass is 466 g/mol. The summed E-state index contributed by atoms with van der Waals surface area (Å²) < 4.78 is 30.1. The molecule has 0 aliphatic heterocycles. The number of nitrogens with one attached hydrogen (secondary N) is 2. The van der Waals surface area contributed by atoms with Gasteiger partial charge in [0.25, 0.3) is 5.91 Å². The van der Waals surface area contributed by atoms with Crippen LogP contribution in [0.15, 0.2) is 35.4 Å². The highest BCUT2D eigenvalue weighted by Crippen LogP contribution is 2.30. The van der Waals surface area contributed by atoms with E-state index in [1.165, 1.54) is 30.5 Å². The lowest BCUT2D eigenvalue weighted by Crippen LogP contribution is -2.32. The highest BCUT2D eigenvalue weighted by atomic mass is 35.5. The van der Waals surface area contributed by atoms with E-state index >= 15 is 0 Å². The van der Waals surface area contributed by atoms with Gasteiger partial charge in [-0.1, -0.05) is 11.6 Å². The number of carbonyl (C=O) groups is 2. The van der Waals surface area contributed by atoms with Gasteiger partial charge >= 0.3 is 0 Å². The number of sulfone groups is 1. The molecule has 0 saturated heterocycles. The topological polar surface area (TPSA) is 140 Å². The van der Waals surface area contributed by atoms with Gasteiger partial charge in [0.1, 0.15) is 5.75 Å². The molecule has 0 atom stereocenters.